The second-order valence-electron chi connectivity index (χ2n) is 9.21. The van der Waals surface area contributed by atoms with Crippen LogP contribution in [0.15, 0.2) is 87.5 Å². The number of benzene rings is 3. The molecule has 188 valence electrons. The SMILES string of the molecule is O=c1[nH]nc2c3c(cccc13)N=C(CN1CCCN(S(=O)(=O)c3ccc(-c4ccccc4)cc3)CC1)N2. The molecule has 0 unspecified atom stereocenters. The number of anilines is 1. The fraction of sp³-hybridized carbons (Fsp3) is 0.222. The zero-order chi connectivity index (χ0) is 25.4. The van der Waals surface area contributed by atoms with Crippen molar-refractivity contribution in [1.82, 2.24) is 19.4 Å². The number of nitrogens with zero attached hydrogens (tertiary/aromatic N) is 4. The molecule has 0 amide bonds. The highest BCUT2D eigenvalue weighted by Gasteiger charge is 2.28. The van der Waals surface area contributed by atoms with Crippen LogP contribution in [0.25, 0.3) is 21.9 Å². The monoisotopic (exact) mass is 514 g/mol. The molecule has 1 fully saturated rings. The lowest BCUT2D eigenvalue weighted by Crippen LogP contribution is -2.38. The Morgan fingerprint density at radius 1 is 0.838 bits per heavy atom. The third kappa shape index (κ3) is 4.55. The van der Waals surface area contributed by atoms with Crippen LogP contribution in [0.1, 0.15) is 6.42 Å². The minimum atomic E-state index is -3.59. The molecule has 3 heterocycles. The molecule has 0 radical (unpaired) electrons. The molecule has 37 heavy (non-hydrogen) atoms. The average molecular weight is 515 g/mol. The Hall–Kier alpha value is -3.86. The smallest absolute Gasteiger partial charge is 0.272 e. The lowest BCUT2D eigenvalue weighted by Gasteiger charge is -2.24. The van der Waals surface area contributed by atoms with Gasteiger partial charge in [-0.3, -0.25) is 9.69 Å². The van der Waals surface area contributed by atoms with E-state index in [4.69, 9.17) is 4.99 Å². The van der Waals surface area contributed by atoms with E-state index in [9.17, 15) is 13.2 Å². The van der Waals surface area contributed by atoms with Crippen molar-refractivity contribution in [1.29, 1.82) is 0 Å². The largest absolute Gasteiger partial charge is 0.325 e. The molecule has 2 N–H and O–H groups in total. The lowest BCUT2D eigenvalue weighted by atomic mass is 10.1. The van der Waals surface area contributed by atoms with Crippen LogP contribution in [0, 0.1) is 0 Å². The topological polar surface area (TPSA) is 111 Å². The normalized spacial score (nSPS) is 16.7. The van der Waals surface area contributed by atoms with Gasteiger partial charge in [0, 0.05) is 19.6 Å². The van der Waals surface area contributed by atoms with Gasteiger partial charge in [-0.1, -0.05) is 48.5 Å². The van der Waals surface area contributed by atoms with Gasteiger partial charge in [0.25, 0.3) is 5.56 Å². The first kappa shape index (κ1) is 23.5. The highest BCUT2D eigenvalue weighted by molar-refractivity contribution is 7.89. The van der Waals surface area contributed by atoms with E-state index >= 15 is 0 Å². The predicted molar refractivity (Wildman–Crippen MR) is 145 cm³/mol. The zero-order valence-electron chi connectivity index (χ0n) is 20.1. The molecule has 6 rings (SSSR count). The first-order valence-electron chi connectivity index (χ1n) is 12.2. The molecule has 1 saturated heterocycles. The third-order valence-electron chi connectivity index (χ3n) is 6.83. The van der Waals surface area contributed by atoms with E-state index in [1.807, 2.05) is 54.6 Å². The van der Waals surface area contributed by atoms with Crippen LogP contribution in [-0.4, -0.2) is 66.4 Å². The number of aliphatic imine (C=N–C) groups is 1. The van der Waals surface area contributed by atoms with Gasteiger partial charge in [0.05, 0.1) is 27.9 Å². The van der Waals surface area contributed by atoms with Crippen molar-refractivity contribution in [2.45, 2.75) is 11.3 Å². The van der Waals surface area contributed by atoms with E-state index in [-0.39, 0.29) is 5.56 Å². The number of H-pyrrole nitrogens is 1. The van der Waals surface area contributed by atoms with Gasteiger partial charge in [-0.25, -0.2) is 18.5 Å². The van der Waals surface area contributed by atoms with E-state index in [0.717, 1.165) is 17.7 Å². The number of sulfonamides is 1. The summed E-state index contributed by atoms with van der Waals surface area (Å²) >= 11 is 0. The van der Waals surface area contributed by atoms with Gasteiger partial charge < -0.3 is 5.32 Å². The third-order valence-corrected chi connectivity index (χ3v) is 8.74. The number of hydrogen-bond donors (Lipinski definition) is 2. The molecule has 10 heteroatoms. The molecule has 3 aromatic carbocycles. The van der Waals surface area contributed by atoms with Gasteiger partial charge in [-0.2, -0.15) is 9.40 Å². The Balaban J connectivity index is 1.15. The molecule has 9 nitrogen and oxygen atoms in total. The van der Waals surface area contributed by atoms with Crippen LogP contribution in [0.2, 0.25) is 0 Å². The molecule has 1 aromatic heterocycles. The summed E-state index contributed by atoms with van der Waals surface area (Å²) in [5, 5.41) is 11.2. The second kappa shape index (κ2) is 9.55. The molecule has 2 aliphatic rings. The molecule has 4 aromatic rings. The quantitative estimate of drug-likeness (QED) is 0.422. The zero-order valence-corrected chi connectivity index (χ0v) is 20.9. The van der Waals surface area contributed by atoms with Crippen LogP contribution in [0.4, 0.5) is 11.5 Å². The Labute approximate surface area is 214 Å². The summed E-state index contributed by atoms with van der Waals surface area (Å²) in [6, 6.07) is 22.4. The van der Waals surface area contributed by atoms with Crippen molar-refractivity contribution in [3.8, 4) is 11.1 Å². The summed E-state index contributed by atoms with van der Waals surface area (Å²) in [5.74, 6) is 1.29. The van der Waals surface area contributed by atoms with Crippen molar-refractivity contribution in [2.24, 2.45) is 4.99 Å². The summed E-state index contributed by atoms with van der Waals surface area (Å²) < 4.78 is 28.4. The fourth-order valence-electron chi connectivity index (χ4n) is 4.93. The molecule has 0 bridgehead atoms. The summed E-state index contributed by atoms with van der Waals surface area (Å²) in [5.41, 5.74) is 2.50. The maximum atomic E-state index is 13.4. The van der Waals surface area contributed by atoms with E-state index in [1.165, 1.54) is 0 Å². The minimum Gasteiger partial charge on any atom is -0.325 e. The van der Waals surface area contributed by atoms with Crippen molar-refractivity contribution >= 4 is 38.1 Å². The Bertz CT molecular complexity index is 1650. The first-order valence-corrected chi connectivity index (χ1v) is 13.7. The van der Waals surface area contributed by atoms with Gasteiger partial charge >= 0.3 is 0 Å². The minimum absolute atomic E-state index is 0.246. The molecular weight excluding hydrogens is 488 g/mol. The maximum Gasteiger partial charge on any atom is 0.272 e. The predicted octanol–water partition coefficient (Wildman–Crippen LogP) is 3.44. The maximum absolute atomic E-state index is 13.4. The van der Waals surface area contributed by atoms with E-state index < -0.39 is 10.0 Å². The number of amidine groups is 1. The molecule has 0 aliphatic carbocycles. The number of aromatic amines is 1. The second-order valence-corrected chi connectivity index (χ2v) is 11.1. The van der Waals surface area contributed by atoms with Crippen LogP contribution in [0.5, 0.6) is 0 Å². The number of nitrogens with one attached hydrogen (secondary N) is 2. The van der Waals surface area contributed by atoms with Crippen LogP contribution in [0.3, 0.4) is 0 Å². The van der Waals surface area contributed by atoms with Gasteiger partial charge in [0.15, 0.2) is 5.82 Å². The van der Waals surface area contributed by atoms with Crippen molar-refractivity contribution in [2.75, 3.05) is 38.0 Å². The number of aromatic nitrogens is 2. The fourth-order valence-corrected chi connectivity index (χ4v) is 6.40. The van der Waals surface area contributed by atoms with Crippen molar-refractivity contribution in [3.05, 3.63) is 83.2 Å². The molecule has 0 atom stereocenters. The van der Waals surface area contributed by atoms with Gasteiger partial charge in [-0.05, 0) is 48.4 Å². The van der Waals surface area contributed by atoms with Crippen molar-refractivity contribution in [3.63, 3.8) is 0 Å². The summed E-state index contributed by atoms with van der Waals surface area (Å²) in [4.78, 5) is 19.3. The van der Waals surface area contributed by atoms with Crippen LogP contribution < -0.4 is 10.9 Å². The highest BCUT2D eigenvalue weighted by atomic mass is 32.2. The Kier molecular flexibility index (Phi) is 6.07. The molecular formula is C27H26N6O3S. The van der Waals surface area contributed by atoms with Crippen LogP contribution >= 0.6 is 0 Å². The lowest BCUT2D eigenvalue weighted by molar-refractivity contribution is 0.324. The van der Waals surface area contributed by atoms with E-state index in [1.54, 1.807) is 22.5 Å². The Morgan fingerprint density at radius 3 is 2.43 bits per heavy atom. The molecule has 0 saturated carbocycles. The van der Waals surface area contributed by atoms with E-state index in [0.29, 0.717) is 65.6 Å². The summed E-state index contributed by atoms with van der Waals surface area (Å²) in [6.07, 6.45) is 0.715. The molecule has 0 spiro atoms. The average Bonchev–Trinajstić information content (AvgIpc) is 3.17. The van der Waals surface area contributed by atoms with Crippen molar-refractivity contribution < 1.29 is 8.42 Å². The summed E-state index contributed by atoms with van der Waals surface area (Å²) in [6.45, 7) is 2.71. The van der Waals surface area contributed by atoms with E-state index in [2.05, 4.69) is 20.4 Å². The number of hydrogen-bond acceptors (Lipinski definition) is 7. The van der Waals surface area contributed by atoms with Gasteiger partial charge in [0.2, 0.25) is 10.0 Å². The first-order chi connectivity index (χ1) is 18.0. The van der Waals surface area contributed by atoms with Gasteiger partial charge in [0.1, 0.15) is 5.84 Å². The molecule has 2 aliphatic heterocycles. The van der Waals surface area contributed by atoms with Gasteiger partial charge in [-0.15, -0.1) is 0 Å². The highest BCUT2D eigenvalue weighted by Crippen LogP contribution is 2.32. The Morgan fingerprint density at radius 2 is 1.62 bits per heavy atom. The van der Waals surface area contributed by atoms with Crippen LogP contribution in [-0.2, 0) is 10.0 Å². The summed E-state index contributed by atoms with van der Waals surface area (Å²) in [7, 11) is -3.59. The standard InChI is InChI=1S/C27H26N6O3S/c34-27-22-8-4-9-23-25(22)26(30-31-27)29-24(28-23)18-32-14-5-15-33(17-16-32)37(35,36)21-12-10-20(11-13-21)19-6-2-1-3-7-19/h1-4,6-13H,5,14-18H2,(H,31,34)(H,28,29,30). The number of rotatable bonds is 5.